The van der Waals surface area contributed by atoms with Crippen LogP contribution in [-0.4, -0.2) is 30.8 Å². The average Bonchev–Trinajstić information content (AvgIpc) is 2.48. The van der Waals surface area contributed by atoms with Gasteiger partial charge >= 0.3 is 0 Å². The van der Waals surface area contributed by atoms with E-state index in [1.54, 1.807) is 38.4 Å². The van der Waals surface area contributed by atoms with E-state index < -0.39 is 0 Å². The van der Waals surface area contributed by atoms with E-state index in [1.807, 2.05) is 0 Å². The third-order valence-electron chi connectivity index (χ3n) is 3.78. The molecule has 0 atom stereocenters. The Bertz CT molecular complexity index is 474. The SMILES string of the molecule is CN(C)C(=O)c1ccc(NC(=O)C2CCCCC2)cc1. The first kappa shape index (κ1) is 14.6. The summed E-state index contributed by atoms with van der Waals surface area (Å²) in [5.74, 6) is 0.221. The van der Waals surface area contributed by atoms with Crippen LogP contribution in [0.25, 0.3) is 0 Å². The molecule has 0 aliphatic heterocycles. The number of nitrogens with zero attached hydrogens (tertiary/aromatic N) is 1. The first-order chi connectivity index (χ1) is 9.58. The van der Waals surface area contributed by atoms with Gasteiger partial charge in [-0.2, -0.15) is 0 Å². The summed E-state index contributed by atoms with van der Waals surface area (Å²) in [6.45, 7) is 0. The molecule has 4 nitrogen and oxygen atoms in total. The highest BCUT2D eigenvalue weighted by Crippen LogP contribution is 2.25. The van der Waals surface area contributed by atoms with Gasteiger partial charge in [0.1, 0.15) is 0 Å². The van der Waals surface area contributed by atoms with Crippen LogP contribution in [0.2, 0.25) is 0 Å². The van der Waals surface area contributed by atoms with Crippen molar-refractivity contribution in [2.24, 2.45) is 5.92 Å². The molecule has 0 spiro atoms. The maximum absolute atomic E-state index is 12.1. The summed E-state index contributed by atoms with van der Waals surface area (Å²) < 4.78 is 0. The van der Waals surface area contributed by atoms with E-state index >= 15 is 0 Å². The summed E-state index contributed by atoms with van der Waals surface area (Å²) in [6.07, 6.45) is 5.51. The molecule has 1 aromatic rings. The van der Waals surface area contributed by atoms with Gasteiger partial charge in [-0.1, -0.05) is 19.3 Å². The first-order valence-corrected chi connectivity index (χ1v) is 7.20. The quantitative estimate of drug-likeness (QED) is 0.921. The topological polar surface area (TPSA) is 49.4 Å². The zero-order valence-electron chi connectivity index (χ0n) is 12.2. The van der Waals surface area contributed by atoms with Crippen LogP contribution in [0.4, 0.5) is 5.69 Å². The lowest BCUT2D eigenvalue weighted by Gasteiger charge is -2.20. The number of nitrogens with one attached hydrogen (secondary N) is 1. The maximum atomic E-state index is 12.1. The van der Waals surface area contributed by atoms with E-state index in [0.717, 1.165) is 31.4 Å². The van der Waals surface area contributed by atoms with Crippen LogP contribution in [0.1, 0.15) is 42.5 Å². The Morgan fingerprint density at radius 3 is 2.20 bits per heavy atom. The molecule has 0 bridgehead atoms. The van der Waals surface area contributed by atoms with E-state index in [2.05, 4.69) is 5.32 Å². The van der Waals surface area contributed by atoms with Crippen molar-refractivity contribution in [3.05, 3.63) is 29.8 Å². The average molecular weight is 274 g/mol. The predicted octanol–water partition coefficient (Wildman–Crippen LogP) is 2.91. The molecule has 20 heavy (non-hydrogen) atoms. The summed E-state index contributed by atoms with van der Waals surface area (Å²) in [4.78, 5) is 25.4. The molecule has 1 aliphatic carbocycles. The highest BCUT2D eigenvalue weighted by molar-refractivity contribution is 5.96. The maximum Gasteiger partial charge on any atom is 0.253 e. The highest BCUT2D eigenvalue weighted by atomic mass is 16.2. The van der Waals surface area contributed by atoms with E-state index in [0.29, 0.717) is 5.56 Å². The summed E-state index contributed by atoms with van der Waals surface area (Å²) in [5, 5.41) is 2.94. The third-order valence-corrected chi connectivity index (χ3v) is 3.78. The largest absolute Gasteiger partial charge is 0.345 e. The van der Waals surface area contributed by atoms with Crippen molar-refractivity contribution in [1.29, 1.82) is 0 Å². The van der Waals surface area contributed by atoms with E-state index in [4.69, 9.17) is 0 Å². The molecule has 2 rings (SSSR count). The van der Waals surface area contributed by atoms with Crippen molar-refractivity contribution in [1.82, 2.24) is 4.90 Å². The van der Waals surface area contributed by atoms with Crippen LogP contribution >= 0.6 is 0 Å². The molecule has 0 heterocycles. The van der Waals surface area contributed by atoms with Crippen molar-refractivity contribution >= 4 is 17.5 Å². The number of carbonyl (C=O) groups is 2. The zero-order valence-corrected chi connectivity index (χ0v) is 12.2. The van der Waals surface area contributed by atoms with Crippen molar-refractivity contribution in [2.75, 3.05) is 19.4 Å². The standard InChI is InChI=1S/C16H22N2O2/c1-18(2)16(20)13-8-10-14(11-9-13)17-15(19)12-6-4-3-5-7-12/h8-12H,3-7H2,1-2H3,(H,17,19). The number of anilines is 1. The molecule has 1 N–H and O–H groups in total. The van der Waals surface area contributed by atoms with Crippen LogP contribution in [-0.2, 0) is 4.79 Å². The fraction of sp³-hybridized carbons (Fsp3) is 0.500. The van der Waals surface area contributed by atoms with Gasteiger partial charge in [-0.05, 0) is 37.1 Å². The number of benzene rings is 1. The summed E-state index contributed by atoms with van der Waals surface area (Å²) in [5.41, 5.74) is 1.39. The lowest BCUT2D eigenvalue weighted by Crippen LogP contribution is -2.25. The monoisotopic (exact) mass is 274 g/mol. The van der Waals surface area contributed by atoms with E-state index in [9.17, 15) is 9.59 Å². The number of rotatable bonds is 3. The second-order valence-corrected chi connectivity index (χ2v) is 5.60. The van der Waals surface area contributed by atoms with Gasteiger partial charge in [0.15, 0.2) is 0 Å². The van der Waals surface area contributed by atoms with Crippen molar-refractivity contribution in [2.45, 2.75) is 32.1 Å². The van der Waals surface area contributed by atoms with Crippen LogP contribution in [0, 0.1) is 5.92 Å². The Kier molecular flexibility index (Phi) is 4.77. The van der Waals surface area contributed by atoms with Gasteiger partial charge in [0.2, 0.25) is 5.91 Å². The molecule has 2 amide bonds. The van der Waals surface area contributed by atoms with Gasteiger partial charge in [0.25, 0.3) is 5.91 Å². The van der Waals surface area contributed by atoms with Gasteiger partial charge in [-0.25, -0.2) is 0 Å². The van der Waals surface area contributed by atoms with Crippen molar-refractivity contribution in [3.63, 3.8) is 0 Å². The van der Waals surface area contributed by atoms with Gasteiger partial charge in [0.05, 0.1) is 0 Å². The molecule has 0 unspecified atom stereocenters. The second kappa shape index (κ2) is 6.55. The number of carbonyl (C=O) groups excluding carboxylic acids is 2. The smallest absolute Gasteiger partial charge is 0.253 e. The fourth-order valence-corrected chi connectivity index (χ4v) is 2.56. The minimum Gasteiger partial charge on any atom is -0.345 e. The molecule has 1 aromatic carbocycles. The minimum absolute atomic E-state index is 0.0323. The van der Waals surface area contributed by atoms with Crippen molar-refractivity contribution < 1.29 is 9.59 Å². The van der Waals surface area contributed by atoms with E-state index in [-0.39, 0.29) is 17.7 Å². The molecular formula is C16H22N2O2. The lowest BCUT2D eigenvalue weighted by molar-refractivity contribution is -0.120. The van der Waals surface area contributed by atoms with Crippen LogP contribution < -0.4 is 5.32 Å². The molecule has 0 saturated heterocycles. The predicted molar refractivity (Wildman–Crippen MR) is 79.7 cm³/mol. The van der Waals surface area contributed by atoms with Crippen LogP contribution in [0.15, 0.2) is 24.3 Å². The lowest BCUT2D eigenvalue weighted by atomic mass is 9.88. The molecular weight excluding hydrogens is 252 g/mol. The van der Waals surface area contributed by atoms with Gasteiger partial charge in [-0.15, -0.1) is 0 Å². The van der Waals surface area contributed by atoms with E-state index in [1.165, 1.54) is 11.3 Å². The Morgan fingerprint density at radius 1 is 1.05 bits per heavy atom. The summed E-state index contributed by atoms with van der Waals surface area (Å²) in [6, 6.07) is 7.08. The minimum atomic E-state index is -0.0323. The van der Waals surface area contributed by atoms with Crippen LogP contribution in [0.5, 0.6) is 0 Å². The molecule has 1 fully saturated rings. The van der Waals surface area contributed by atoms with Gasteiger partial charge < -0.3 is 10.2 Å². The zero-order chi connectivity index (χ0) is 14.5. The molecule has 0 radical (unpaired) electrons. The third kappa shape index (κ3) is 3.59. The highest BCUT2D eigenvalue weighted by Gasteiger charge is 2.21. The van der Waals surface area contributed by atoms with Crippen LogP contribution in [0.3, 0.4) is 0 Å². The molecule has 0 aromatic heterocycles. The first-order valence-electron chi connectivity index (χ1n) is 7.20. The number of hydrogen-bond acceptors (Lipinski definition) is 2. The van der Waals surface area contributed by atoms with Gasteiger partial charge in [0, 0.05) is 31.3 Å². The summed E-state index contributed by atoms with van der Waals surface area (Å²) in [7, 11) is 3.45. The fourth-order valence-electron chi connectivity index (χ4n) is 2.56. The molecule has 4 heteroatoms. The number of amides is 2. The second-order valence-electron chi connectivity index (χ2n) is 5.60. The number of hydrogen-bond donors (Lipinski definition) is 1. The Hall–Kier alpha value is -1.84. The molecule has 1 aliphatic rings. The normalized spacial score (nSPS) is 15.7. The molecule has 1 saturated carbocycles. The Labute approximate surface area is 120 Å². The summed E-state index contributed by atoms with van der Waals surface area (Å²) >= 11 is 0. The Balaban J connectivity index is 1.96. The van der Waals surface area contributed by atoms with Crippen molar-refractivity contribution in [3.8, 4) is 0 Å². The Morgan fingerprint density at radius 2 is 1.65 bits per heavy atom. The van der Waals surface area contributed by atoms with Gasteiger partial charge in [-0.3, -0.25) is 9.59 Å². The molecule has 108 valence electrons.